The van der Waals surface area contributed by atoms with Crippen molar-refractivity contribution in [3.05, 3.63) is 23.3 Å². The summed E-state index contributed by atoms with van der Waals surface area (Å²) in [5, 5.41) is 19.1. The molecule has 1 atom stereocenters. The highest BCUT2D eigenvalue weighted by Gasteiger charge is 2.35. The molecular formula is C13H19NO. The largest absolute Gasteiger partial charge is 0.386 e. The van der Waals surface area contributed by atoms with Gasteiger partial charge in [-0.05, 0) is 43.8 Å². The molecule has 0 aromatic heterocycles. The fourth-order valence-electron chi connectivity index (χ4n) is 2.52. The van der Waals surface area contributed by atoms with Gasteiger partial charge in [0.05, 0.1) is 17.2 Å². The van der Waals surface area contributed by atoms with Gasteiger partial charge in [0.25, 0.3) is 0 Å². The molecule has 15 heavy (non-hydrogen) atoms. The van der Waals surface area contributed by atoms with Gasteiger partial charge in [0, 0.05) is 0 Å². The van der Waals surface area contributed by atoms with Crippen molar-refractivity contribution in [2.45, 2.75) is 46.1 Å². The van der Waals surface area contributed by atoms with E-state index in [1.807, 2.05) is 19.1 Å². The van der Waals surface area contributed by atoms with Crippen LogP contribution in [0.25, 0.3) is 0 Å². The predicted molar refractivity (Wildman–Crippen MR) is 61.1 cm³/mol. The van der Waals surface area contributed by atoms with Gasteiger partial charge >= 0.3 is 0 Å². The van der Waals surface area contributed by atoms with Gasteiger partial charge in [-0.1, -0.05) is 19.9 Å². The Morgan fingerprint density at radius 3 is 2.53 bits per heavy atom. The van der Waals surface area contributed by atoms with Crippen molar-refractivity contribution in [2.24, 2.45) is 5.41 Å². The average molecular weight is 205 g/mol. The van der Waals surface area contributed by atoms with Crippen molar-refractivity contribution in [3.63, 3.8) is 0 Å². The quantitative estimate of drug-likeness (QED) is 0.669. The summed E-state index contributed by atoms with van der Waals surface area (Å²) in [6, 6.07) is 2.18. The number of hydrogen-bond donors (Lipinski definition) is 1. The number of hydrogen-bond acceptors (Lipinski definition) is 2. The van der Waals surface area contributed by atoms with Gasteiger partial charge in [-0.3, -0.25) is 0 Å². The van der Waals surface area contributed by atoms with Crippen molar-refractivity contribution >= 4 is 0 Å². The van der Waals surface area contributed by atoms with Gasteiger partial charge in [0.2, 0.25) is 0 Å². The van der Waals surface area contributed by atoms with Crippen molar-refractivity contribution in [1.82, 2.24) is 0 Å². The van der Waals surface area contributed by atoms with E-state index in [9.17, 15) is 5.11 Å². The molecule has 0 spiro atoms. The molecule has 2 heteroatoms. The smallest absolute Gasteiger partial charge is 0.0990 e. The summed E-state index contributed by atoms with van der Waals surface area (Å²) in [7, 11) is 0. The van der Waals surface area contributed by atoms with Crippen molar-refractivity contribution < 1.29 is 5.11 Å². The monoisotopic (exact) mass is 205 g/mol. The Morgan fingerprint density at radius 2 is 2.13 bits per heavy atom. The molecule has 1 rings (SSSR count). The van der Waals surface area contributed by atoms with Crippen LogP contribution in [0.1, 0.15) is 40.5 Å². The summed E-state index contributed by atoms with van der Waals surface area (Å²) in [6.45, 7) is 7.91. The molecule has 0 aromatic carbocycles. The molecule has 2 nitrogen and oxygen atoms in total. The Morgan fingerprint density at radius 1 is 1.53 bits per heavy atom. The van der Waals surface area contributed by atoms with Crippen LogP contribution in [-0.4, -0.2) is 10.7 Å². The normalized spacial score (nSPS) is 30.7. The second-order valence-corrected chi connectivity index (χ2v) is 5.36. The van der Waals surface area contributed by atoms with E-state index in [1.54, 1.807) is 6.92 Å². The highest BCUT2D eigenvalue weighted by atomic mass is 16.3. The van der Waals surface area contributed by atoms with Crippen LogP contribution in [0.3, 0.4) is 0 Å². The number of nitriles is 1. The van der Waals surface area contributed by atoms with E-state index >= 15 is 0 Å². The zero-order valence-electron chi connectivity index (χ0n) is 9.96. The molecule has 0 amide bonds. The van der Waals surface area contributed by atoms with E-state index in [0.29, 0.717) is 5.57 Å². The summed E-state index contributed by atoms with van der Waals surface area (Å²) < 4.78 is 0. The van der Waals surface area contributed by atoms with Crippen LogP contribution < -0.4 is 0 Å². The van der Waals surface area contributed by atoms with Crippen LogP contribution in [0.4, 0.5) is 0 Å². The molecular weight excluding hydrogens is 186 g/mol. The lowest BCUT2D eigenvalue weighted by atomic mass is 9.70. The first-order chi connectivity index (χ1) is 6.79. The SMILES string of the molecule is CC=C(C#N)C1=CC(C)(O)CC(C)(C)C1. The third-order valence-corrected chi connectivity index (χ3v) is 2.75. The van der Waals surface area contributed by atoms with Crippen LogP contribution in [0, 0.1) is 16.7 Å². The standard InChI is InChI=1S/C13H19NO/c1-5-10(8-14)11-6-12(2,3)9-13(4,15)7-11/h5,7,15H,6,9H2,1-4H3. The number of allylic oxidation sites excluding steroid dienone is 3. The minimum absolute atomic E-state index is 0.0543. The summed E-state index contributed by atoms with van der Waals surface area (Å²) in [5.74, 6) is 0. The van der Waals surface area contributed by atoms with Crippen LogP contribution in [-0.2, 0) is 0 Å². The highest BCUT2D eigenvalue weighted by molar-refractivity contribution is 5.44. The first kappa shape index (κ1) is 12.0. The maximum atomic E-state index is 10.1. The van der Waals surface area contributed by atoms with E-state index in [1.165, 1.54) is 0 Å². The lowest BCUT2D eigenvalue weighted by molar-refractivity contribution is 0.0485. The molecule has 82 valence electrons. The molecule has 1 N–H and O–H groups in total. The first-order valence-corrected chi connectivity index (χ1v) is 5.30. The Bertz CT molecular complexity index is 353. The first-order valence-electron chi connectivity index (χ1n) is 5.30. The lowest BCUT2D eigenvalue weighted by Crippen LogP contribution is -2.34. The molecule has 0 aliphatic heterocycles. The topological polar surface area (TPSA) is 44.0 Å². The number of nitrogens with zero attached hydrogens (tertiary/aromatic N) is 1. The van der Waals surface area contributed by atoms with Crippen LogP contribution in [0.5, 0.6) is 0 Å². The fraction of sp³-hybridized carbons (Fsp3) is 0.615. The molecule has 0 heterocycles. The highest BCUT2D eigenvalue weighted by Crippen LogP contribution is 2.41. The van der Waals surface area contributed by atoms with Crippen LogP contribution >= 0.6 is 0 Å². The summed E-state index contributed by atoms with van der Waals surface area (Å²) in [5.41, 5.74) is 0.922. The van der Waals surface area contributed by atoms with Gasteiger partial charge < -0.3 is 5.11 Å². The number of aliphatic hydroxyl groups is 1. The van der Waals surface area contributed by atoms with Gasteiger partial charge in [0.15, 0.2) is 0 Å². The minimum Gasteiger partial charge on any atom is -0.386 e. The summed E-state index contributed by atoms with van der Waals surface area (Å²) in [4.78, 5) is 0. The van der Waals surface area contributed by atoms with E-state index in [2.05, 4.69) is 19.9 Å². The zero-order valence-corrected chi connectivity index (χ0v) is 9.96. The maximum Gasteiger partial charge on any atom is 0.0990 e. The van der Waals surface area contributed by atoms with Crippen LogP contribution in [0.15, 0.2) is 23.3 Å². The molecule has 0 saturated heterocycles. The molecule has 1 aliphatic carbocycles. The molecule has 1 unspecified atom stereocenters. The Hall–Kier alpha value is -1.07. The Balaban J connectivity index is 3.11. The Kier molecular flexibility index (Phi) is 3.06. The molecule has 0 aromatic rings. The Labute approximate surface area is 91.9 Å². The fourth-order valence-corrected chi connectivity index (χ4v) is 2.52. The maximum absolute atomic E-state index is 10.1. The van der Waals surface area contributed by atoms with E-state index in [0.717, 1.165) is 18.4 Å². The molecule has 0 saturated carbocycles. The van der Waals surface area contributed by atoms with Crippen molar-refractivity contribution in [2.75, 3.05) is 0 Å². The van der Waals surface area contributed by atoms with E-state index in [4.69, 9.17) is 5.26 Å². The summed E-state index contributed by atoms with van der Waals surface area (Å²) >= 11 is 0. The molecule has 0 fully saturated rings. The van der Waals surface area contributed by atoms with Gasteiger partial charge in [-0.15, -0.1) is 0 Å². The molecule has 0 radical (unpaired) electrons. The molecule has 0 bridgehead atoms. The number of rotatable bonds is 1. The van der Waals surface area contributed by atoms with Crippen molar-refractivity contribution in [1.29, 1.82) is 5.26 Å². The van der Waals surface area contributed by atoms with E-state index in [-0.39, 0.29) is 5.41 Å². The van der Waals surface area contributed by atoms with Crippen molar-refractivity contribution in [3.8, 4) is 6.07 Å². The predicted octanol–water partition coefficient (Wildman–Crippen LogP) is 2.95. The second kappa shape index (κ2) is 3.83. The average Bonchev–Trinajstić information content (AvgIpc) is 2.00. The molecule has 1 aliphatic rings. The third kappa shape index (κ3) is 2.94. The zero-order chi connectivity index (χ0) is 11.7. The van der Waals surface area contributed by atoms with Gasteiger partial charge in [0.1, 0.15) is 0 Å². The van der Waals surface area contributed by atoms with Gasteiger partial charge in [-0.25, -0.2) is 0 Å². The lowest BCUT2D eigenvalue weighted by Gasteiger charge is -2.38. The minimum atomic E-state index is -0.789. The second-order valence-electron chi connectivity index (χ2n) is 5.36. The summed E-state index contributed by atoms with van der Waals surface area (Å²) in [6.07, 6.45) is 5.24. The van der Waals surface area contributed by atoms with Gasteiger partial charge in [-0.2, -0.15) is 5.26 Å². The van der Waals surface area contributed by atoms with E-state index < -0.39 is 5.60 Å². The van der Waals surface area contributed by atoms with Crippen LogP contribution in [0.2, 0.25) is 0 Å². The third-order valence-electron chi connectivity index (χ3n) is 2.75.